The number of halogens is 2. The number of benzene rings is 3. The number of aliphatic hydroxyl groups excluding tert-OH is 1. The summed E-state index contributed by atoms with van der Waals surface area (Å²) in [5, 5.41) is 13.2. The second-order valence-electron chi connectivity index (χ2n) is 10.4. The summed E-state index contributed by atoms with van der Waals surface area (Å²) < 4.78 is 41.6. The van der Waals surface area contributed by atoms with Crippen molar-refractivity contribution in [2.75, 3.05) is 11.9 Å². The molecule has 1 unspecified atom stereocenters. The highest BCUT2D eigenvalue weighted by Gasteiger charge is 2.21. The molecule has 0 saturated carbocycles. The fraction of sp³-hybridized carbons (Fsp3) is 0.114. The van der Waals surface area contributed by atoms with E-state index in [9.17, 15) is 19.1 Å². The van der Waals surface area contributed by atoms with Gasteiger partial charge in [-0.05, 0) is 79.6 Å². The number of rotatable bonds is 9. The van der Waals surface area contributed by atoms with Crippen LogP contribution in [0.15, 0.2) is 102 Å². The summed E-state index contributed by atoms with van der Waals surface area (Å²) in [6.07, 6.45) is 4.07. The number of pyridine rings is 2. The predicted molar refractivity (Wildman–Crippen MR) is 170 cm³/mol. The number of ether oxygens (including phenoxy) is 2. The zero-order valence-electron chi connectivity index (χ0n) is 24.8. The number of aliphatic hydroxyl groups is 1. The van der Waals surface area contributed by atoms with Crippen LogP contribution in [0.4, 0.5) is 14.5 Å². The lowest BCUT2D eigenvalue weighted by atomic mass is 10.0. The number of amides is 1. The first-order chi connectivity index (χ1) is 22.2. The number of anilines is 1. The maximum atomic E-state index is 15.4. The van der Waals surface area contributed by atoms with E-state index in [-0.39, 0.29) is 29.4 Å². The van der Waals surface area contributed by atoms with E-state index in [2.05, 4.69) is 15.3 Å². The molecule has 0 radical (unpaired) electrons. The van der Waals surface area contributed by atoms with Crippen molar-refractivity contribution in [1.82, 2.24) is 14.5 Å². The molecule has 0 aliphatic rings. The number of fused-ring (bicyclic) bond motifs is 1. The summed E-state index contributed by atoms with van der Waals surface area (Å²) in [6, 6.07) is 19.6. The van der Waals surface area contributed by atoms with Crippen LogP contribution in [0, 0.1) is 11.6 Å². The Morgan fingerprint density at radius 3 is 2.57 bits per heavy atom. The number of aromatic amines is 1. The Balaban J connectivity index is 1.29. The predicted octanol–water partition coefficient (Wildman–Crippen LogP) is 7.16. The molecule has 0 spiro atoms. The Bertz CT molecular complexity index is 2120. The fourth-order valence-corrected chi connectivity index (χ4v) is 5.09. The molecule has 3 heterocycles. The second-order valence-corrected chi connectivity index (χ2v) is 10.4. The van der Waals surface area contributed by atoms with Gasteiger partial charge in [0.05, 0.1) is 18.1 Å². The largest absolute Gasteiger partial charge is 0.493 e. The van der Waals surface area contributed by atoms with Crippen LogP contribution in [0.25, 0.3) is 27.8 Å². The van der Waals surface area contributed by atoms with E-state index in [1.54, 1.807) is 26.1 Å². The monoisotopic (exact) mass is 622 g/mol. The van der Waals surface area contributed by atoms with Crippen molar-refractivity contribution in [2.24, 2.45) is 0 Å². The SMILES string of the molecule is CCOc1ccn(-c2ccc(F)cc2)c(=O)c1C(=O)Nc1ccc(Oc2ccnc3[nH]cc(-c4cccc(C(C)O)c4)c23)c(F)c1. The summed E-state index contributed by atoms with van der Waals surface area (Å²) in [4.78, 5) is 34.2. The van der Waals surface area contributed by atoms with Crippen LogP contribution in [0.3, 0.4) is 0 Å². The zero-order chi connectivity index (χ0) is 32.4. The van der Waals surface area contributed by atoms with Crippen LogP contribution in [0.2, 0.25) is 0 Å². The summed E-state index contributed by atoms with van der Waals surface area (Å²) in [6.45, 7) is 3.58. The Morgan fingerprint density at radius 2 is 1.83 bits per heavy atom. The summed E-state index contributed by atoms with van der Waals surface area (Å²) >= 11 is 0. The lowest BCUT2D eigenvalue weighted by molar-refractivity contribution is 0.102. The van der Waals surface area contributed by atoms with Crippen molar-refractivity contribution in [3.63, 3.8) is 0 Å². The van der Waals surface area contributed by atoms with E-state index in [1.165, 1.54) is 59.4 Å². The Labute approximate surface area is 261 Å². The Hall–Kier alpha value is -5.81. The average Bonchev–Trinajstić information content (AvgIpc) is 3.48. The number of hydrogen-bond acceptors (Lipinski definition) is 6. The first-order valence-electron chi connectivity index (χ1n) is 14.4. The number of carbonyl (C=O) groups excluding carboxylic acids is 1. The molecule has 6 aromatic rings. The van der Waals surface area contributed by atoms with Gasteiger partial charge < -0.3 is 24.9 Å². The molecular formula is C35H28F2N4O5. The summed E-state index contributed by atoms with van der Waals surface area (Å²) in [7, 11) is 0. The van der Waals surface area contributed by atoms with Gasteiger partial charge in [-0.3, -0.25) is 14.2 Å². The van der Waals surface area contributed by atoms with Crippen molar-refractivity contribution in [1.29, 1.82) is 0 Å². The van der Waals surface area contributed by atoms with Crippen molar-refractivity contribution < 1.29 is 28.2 Å². The smallest absolute Gasteiger partial charge is 0.271 e. The van der Waals surface area contributed by atoms with Crippen LogP contribution in [-0.2, 0) is 0 Å². The van der Waals surface area contributed by atoms with Crippen LogP contribution in [0.1, 0.15) is 35.9 Å². The zero-order valence-corrected chi connectivity index (χ0v) is 24.8. The van der Waals surface area contributed by atoms with Gasteiger partial charge in [0.15, 0.2) is 11.6 Å². The molecule has 0 aliphatic heterocycles. The molecule has 9 nitrogen and oxygen atoms in total. The molecule has 3 aromatic heterocycles. The first kappa shape index (κ1) is 30.2. The number of H-pyrrole nitrogens is 1. The summed E-state index contributed by atoms with van der Waals surface area (Å²) in [5.41, 5.74) is 2.26. The van der Waals surface area contributed by atoms with Crippen LogP contribution in [-0.4, -0.2) is 32.2 Å². The van der Waals surface area contributed by atoms with Gasteiger partial charge in [-0.15, -0.1) is 0 Å². The minimum absolute atomic E-state index is 0.0479. The fourth-order valence-electron chi connectivity index (χ4n) is 5.09. The van der Waals surface area contributed by atoms with Crippen molar-refractivity contribution in [3.8, 4) is 34.1 Å². The van der Waals surface area contributed by atoms with E-state index < -0.39 is 29.2 Å². The Kier molecular flexibility index (Phi) is 8.32. The molecule has 46 heavy (non-hydrogen) atoms. The molecule has 3 N–H and O–H groups in total. The number of nitrogens with zero attached hydrogens (tertiary/aromatic N) is 2. The third-order valence-electron chi connectivity index (χ3n) is 7.31. The third kappa shape index (κ3) is 5.95. The maximum absolute atomic E-state index is 15.4. The van der Waals surface area contributed by atoms with Gasteiger partial charge in [0.2, 0.25) is 0 Å². The van der Waals surface area contributed by atoms with Gasteiger partial charge >= 0.3 is 0 Å². The van der Waals surface area contributed by atoms with E-state index in [4.69, 9.17) is 9.47 Å². The van der Waals surface area contributed by atoms with E-state index in [1.807, 2.05) is 24.3 Å². The number of aromatic nitrogens is 3. The van der Waals surface area contributed by atoms with Crippen molar-refractivity contribution in [2.45, 2.75) is 20.0 Å². The lowest BCUT2D eigenvalue weighted by Crippen LogP contribution is -2.29. The highest BCUT2D eigenvalue weighted by molar-refractivity contribution is 6.06. The molecule has 6 rings (SSSR count). The molecule has 1 atom stereocenters. The highest BCUT2D eigenvalue weighted by Crippen LogP contribution is 2.38. The minimum Gasteiger partial charge on any atom is -0.493 e. The van der Waals surface area contributed by atoms with Crippen molar-refractivity contribution in [3.05, 3.63) is 131 Å². The van der Waals surface area contributed by atoms with E-state index in [0.717, 1.165) is 22.8 Å². The standard InChI is InChI=1S/C35H28F2N4O5/c1-3-45-29-14-16-41(25-10-7-23(36)8-11-25)35(44)32(29)34(43)40-24-9-12-28(27(37)18-24)46-30-13-15-38-33-31(30)26(19-39-33)22-6-4-5-21(17-22)20(2)42/h4-20,42H,3H2,1-2H3,(H,38,39)(H,40,43). The number of carbonyl (C=O) groups is 1. The van der Waals surface area contributed by atoms with E-state index >= 15 is 4.39 Å². The molecule has 0 saturated heterocycles. The maximum Gasteiger partial charge on any atom is 0.271 e. The number of hydrogen-bond donors (Lipinski definition) is 3. The number of nitrogens with one attached hydrogen (secondary N) is 2. The molecule has 232 valence electrons. The topological polar surface area (TPSA) is 118 Å². The second kappa shape index (κ2) is 12.7. The molecule has 3 aromatic carbocycles. The normalized spacial score (nSPS) is 11.8. The van der Waals surface area contributed by atoms with Crippen LogP contribution >= 0.6 is 0 Å². The molecular weight excluding hydrogens is 594 g/mol. The molecule has 11 heteroatoms. The third-order valence-corrected chi connectivity index (χ3v) is 7.31. The van der Waals surface area contributed by atoms with Crippen LogP contribution < -0.4 is 20.3 Å². The van der Waals surface area contributed by atoms with Gasteiger partial charge in [0.25, 0.3) is 11.5 Å². The first-order valence-corrected chi connectivity index (χ1v) is 14.4. The molecule has 0 fully saturated rings. The Morgan fingerprint density at radius 1 is 1.02 bits per heavy atom. The van der Waals surface area contributed by atoms with Gasteiger partial charge in [0, 0.05) is 41.6 Å². The lowest BCUT2D eigenvalue weighted by Gasteiger charge is -2.14. The van der Waals surface area contributed by atoms with Gasteiger partial charge in [-0.2, -0.15) is 0 Å². The minimum atomic E-state index is -0.815. The van der Waals surface area contributed by atoms with Gasteiger partial charge in [-0.25, -0.2) is 13.8 Å². The summed E-state index contributed by atoms with van der Waals surface area (Å²) in [5.74, 6) is -1.77. The van der Waals surface area contributed by atoms with Crippen molar-refractivity contribution >= 4 is 22.6 Å². The van der Waals surface area contributed by atoms with E-state index in [0.29, 0.717) is 22.5 Å². The average molecular weight is 623 g/mol. The van der Waals surface area contributed by atoms with Gasteiger partial charge in [-0.1, -0.05) is 18.2 Å². The van der Waals surface area contributed by atoms with Gasteiger partial charge in [0.1, 0.15) is 28.5 Å². The highest BCUT2D eigenvalue weighted by atomic mass is 19.1. The molecule has 0 bridgehead atoms. The molecule has 0 aliphatic carbocycles. The molecule has 1 amide bonds. The van der Waals surface area contributed by atoms with Crippen LogP contribution in [0.5, 0.6) is 17.2 Å². The quantitative estimate of drug-likeness (QED) is 0.158.